The molecule has 0 saturated carbocycles. The zero-order valence-corrected chi connectivity index (χ0v) is 7.59. The molecule has 6 heavy (non-hydrogen) atoms. The van der Waals surface area contributed by atoms with Crippen LogP contribution in [0.3, 0.4) is 0 Å². The molecule has 0 radical (unpaired) electrons. The van der Waals surface area contributed by atoms with Gasteiger partial charge in [0.05, 0.1) is 0 Å². The standard InChI is InChI=1S/C4H7.CH3.Zn/c1-3-4-2;;/h1,4H2,2H3;1H3;/q2*-1;+2. The summed E-state index contributed by atoms with van der Waals surface area (Å²) in [6.07, 6.45) is 3.64. The third-order valence-corrected chi connectivity index (χ3v) is 0.250. The second-order valence-electron chi connectivity index (χ2n) is 0.604. The molecule has 0 aromatic carbocycles. The Balaban J connectivity index is -0.0000000450. The van der Waals surface area contributed by atoms with Gasteiger partial charge in [-0.1, -0.05) is 6.92 Å². The average molecular weight is 136 g/mol. The molecule has 0 aliphatic carbocycles. The van der Waals surface area contributed by atoms with E-state index in [-0.39, 0.29) is 26.9 Å². The Kier molecular flexibility index (Phi) is 49.3. The van der Waals surface area contributed by atoms with Gasteiger partial charge in [-0.15, -0.1) is 0 Å². The van der Waals surface area contributed by atoms with Crippen LogP contribution >= 0.6 is 0 Å². The Hall–Kier alpha value is 0.363. The topological polar surface area (TPSA) is 0 Å². The average Bonchev–Trinajstić information content (AvgIpc) is 1.37. The summed E-state index contributed by atoms with van der Waals surface area (Å²) in [5, 5.41) is 0. The predicted molar refractivity (Wildman–Crippen MR) is 25.6 cm³/mol. The van der Waals surface area contributed by atoms with Crippen LogP contribution in [-0.4, -0.2) is 0 Å². The van der Waals surface area contributed by atoms with E-state index in [1.165, 1.54) is 0 Å². The van der Waals surface area contributed by atoms with Crippen molar-refractivity contribution >= 4 is 0 Å². The van der Waals surface area contributed by atoms with Crippen LogP contribution in [0.25, 0.3) is 0 Å². The van der Waals surface area contributed by atoms with Crippen LogP contribution in [0.5, 0.6) is 0 Å². The summed E-state index contributed by atoms with van der Waals surface area (Å²) in [4.78, 5) is 0. The molecule has 0 aliphatic rings. The molecule has 1 heteroatoms. The Bertz CT molecular complexity index is 17.9. The first-order valence-electron chi connectivity index (χ1n) is 1.41. The van der Waals surface area contributed by atoms with E-state index in [4.69, 9.17) is 0 Å². The van der Waals surface area contributed by atoms with Gasteiger partial charge < -0.3 is 13.5 Å². The van der Waals surface area contributed by atoms with E-state index in [2.05, 4.69) is 12.7 Å². The maximum absolute atomic E-state index is 3.35. The molecule has 0 rings (SSSR count). The number of allylic oxidation sites excluding steroid dienone is 1. The molecule has 0 saturated heterocycles. The van der Waals surface area contributed by atoms with Gasteiger partial charge in [-0.3, -0.25) is 6.58 Å². The Morgan fingerprint density at radius 3 is 1.83 bits per heavy atom. The summed E-state index contributed by atoms with van der Waals surface area (Å²) >= 11 is 0. The molecular weight excluding hydrogens is 125 g/mol. The Morgan fingerprint density at radius 2 is 1.83 bits per heavy atom. The predicted octanol–water partition coefficient (Wildman–Crippen LogP) is 1.83. The molecule has 0 heterocycles. The number of hydrogen-bond acceptors (Lipinski definition) is 0. The molecule has 0 spiro atoms. The summed E-state index contributed by atoms with van der Waals surface area (Å²) < 4.78 is 0. The quantitative estimate of drug-likeness (QED) is 0.380. The Labute approximate surface area is 53.4 Å². The molecule has 0 aromatic rings. The van der Waals surface area contributed by atoms with Gasteiger partial charge in [-0.25, -0.2) is 0 Å². The molecule has 0 atom stereocenters. The van der Waals surface area contributed by atoms with Crippen molar-refractivity contribution in [1.29, 1.82) is 0 Å². The van der Waals surface area contributed by atoms with E-state index in [0.717, 1.165) is 6.42 Å². The molecule has 0 amide bonds. The molecule has 32 valence electrons. The smallest absolute Gasteiger partial charge is 0.504 e. The second kappa shape index (κ2) is 18.3. The minimum absolute atomic E-state index is 0. The third kappa shape index (κ3) is 26.6. The molecule has 0 fully saturated rings. The van der Waals surface area contributed by atoms with Gasteiger partial charge in [0, 0.05) is 0 Å². The number of hydrogen-bond donors (Lipinski definition) is 0. The van der Waals surface area contributed by atoms with Gasteiger partial charge in [0.25, 0.3) is 0 Å². The summed E-state index contributed by atoms with van der Waals surface area (Å²) in [6.45, 7) is 5.36. The van der Waals surface area contributed by atoms with Crippen LogP contribution in [0.2, 0.25) is 0 Å². The summed E-state index contributed by atoms with van der Waals surface area (Å²) in [6, 6.07) is 0. The first kappa shape index (κ1) is 16.2. The zero-order chi connectivity index (χ0) is 3.41. The maximum atomic E-state index is 3.35. The van der Waals surface area contributed by atoms with E-state index in [0.29, 0.717) is 0 Å². The largest absolute Gasteiger partial charge is 2.00 e. The maximum Gasteiger partial charge on any atom is 2.00 e. The van der Waals surface area contributed by atoms with Gasteiger partial charge in [0.15, 0.2) is 0 Å². The minimum Gasteiger partial charge on any atom is -0.504 e. The second-order valence-corrected chi connectivity index (χ2v) is 0.604. The van der Waals surface area contributed by atoms with E-state index in [1.807, 2.05) is 6.92 Å². The van der Waals surface area contributed by atoms with Gasteiger partial charge in [0.1, 0.15) is 0 Å². The summed E-state index contributed by atoms with van der Waals surface area (Å²) in [5.41, 5.74) is 0. The first-order chi connectivity index (χ1) is 1.91. The zero-order valence-electron chi connectivity index (χ0n) is 4.62. The number of rotatable bonds is 1. The van der Waals surface area contributed by atoms with Crippen molar-refractivity contribution in [2.45, 2.75) is 13.3 Å². The normalized spacial score (nSPS) is 4.17. The van der Waals surface area contributed by atoms with Crippen molar-refractivity contribution in [2.24, 2.45) is 0 Å². The van der Waals surface area contributed by atoms with Crippen molar-refractivity contribution < 1.29 is 19.5 Å². The Morgan fingerprint density at radius 1 is 1.67 bits per heavy atom. The molecule has 0 N–H and O–H groups in total. The summed E-state index contributed by atoms with van der Waals surface area (Å²) in [5.74, 6) is 0. The van der Waals surface area contributed by atoms with Gasteiger partial charge in [-0.2, -0.15) is 6.42 Å². The van der Waals surface area contributed by atoms with E-state index >= 15 is 0 Å². The molecule has 0 aromatic heterocycles. The van der Waals surface area contributed by atoms with Gasteiger partial charge in [-0.05, 0) is 0 Å². The fourth-order valence-corrected chi connectivity index (χ4v) is 0. The fraction of sp³-hybridized carbons (Fsp3) is 0.400. The van der Waals surface area contributed by atoms with Crippen LogP contribution in [0.1, 0.15) is 13.3 Å². The van der Waals surface area contributed by atoms with Crippen molar-refractivity contribution in [2.75, 3.05) is 0 Å². The molecular formula is C5H10Zn. The van der Waals surface area contributed by atoms with Crippen LogP contribution < -0.4 is 0 Å². The SMILES string of the molecule is C=[C-]CC.[CH3-].[Zn+2]. The van der Waals surface area contributed by atoms with Crippen LogP contribution in [-0.2, 0) is 19.5 Å². The van der Waals surface area contributed by atoms with E-state index in [9.17, 15) is 0 Å². The van der Waals surface area contributed by atoms with Crippen LogP contribution in [0.15, 0.2) is 6.58 Å². The summed E-state index contributed by atoms with van der Waals surface area (Å²) in [7, 11) is 0. The molecule has 0 nitrogen and oxygen atoms in total. The molecule has 0 aliphatic heterocycles. The third-order valence-electron chi connectivity index (χ3n) is 0.250. The van der Waals surface area contributed by atoms with Gasteiger partial charge >= 0.3 is 19.5 Å². The van der Waals surface area contributed by atoms with Crippen molar-refractivity contribution in [3.63, 3.8) is 0 Å². The van der Waals surface area contributed by atoms with E-state index in [1.54, 1.807) is 0 Å². The van der Waals surface area contributed by atoms with E-state index < -0.39 is 0 Å². The van der Waals surface area contributed by atoms with Crippen LogP contribution in [0, 0.1) is 13.5 Å². The van der Waals surface area contributed by atoms with Gasteiger partial charge in [0.2, 0.25) is 0 Å². The molecule has 0 bridgehead atoms. The van der Waals surface area contributed by atoms with Crippen LogP contribution in [0.4, 0.5) is 0 Å². The molecule has 0 unspecified atom stereocenters. The fourth-order valence-electron chi connectivity index (χ4n) is 0. The van der Waals surface area contributed by atoms with Crippen molar-refractivity contribution in [3.8, 4) is 0 Å². The van der Waals surface area contributed by atoms with Crippen molar-refractivity contribution in [3.05, 3.63) is 20.1 Å². The monoisotopic (exact) mass is 134 g/mol. The minimum atomic E-state index is 0. The first-order valence-corrected chi connectivity index (χ1v) is 1.41. The van der Waals surface area contributed by atoms with Crippen molar-refractivity contribution in [1.82, 2.24) is 0 Å².